The summed E-state index contributed by atoms with van der Waals surface area (Å²) in [6.45, 7) is 7.19. The third kappa shape index (κ3) is 9.20. The Hall–Kier alpha value is -0.530. The van der Waals surface area contributed by atoms with E-state index in [4.69, 9.17) is 9.84 Å². The maximum Gasteiger partial charge on any atom is 0.408 e. The molecule has 6 heteroatoms. The number of aliphatic carboxylic acids is 1. The summed E-state index contributed by atoms with van der Waals surface area (Å²) in [4.78, 5) is 22.4. The van der Waals surface area contributed by atoms with Crippen LogP contribution < -0.4 is 5.32 Å². The number of ether oxygens (including phenoxy) is 1. The van der Waals surface area contributed by atoms with Gasteiger partial charge in [-0.2, -0.15) is 0 Å². The molecule has 0 heterocycles. The van der Waals surface area contributed by atoms with Gasteiger partial charge in [-0.25, -0.2) is 9.59 Å². The third-order valence-electron chi connectivity index (χ3n) is 1.84. The predicted molar refractivity (Wildman–Crippen MR) is 73.5 cm³/mol. The number of carboxylic acids is 1. The van der Waals surface area contributed by atoms with Crippen LogP contribution in [0, 0.1) is 0 Å². The molecule has 0 radical (unpaired) electrons. The summed E-state index contributed by atoms with van der Waals surface area (Å²) in [6, 6.07) is -0.887. The summed E-state index contributed by atoms with van der Waals surface area (Å²) in [6.07, 6.45) is 0.442. The average molecular weight is 357 g/mol. The number of amides is 1. The number of carbonyl (C=O) groups excluding carboxylic acids is 1. The fraction of sp³-hybridized carbons (Fsp3) is 0.818. The van der Waals surface area contributed by atoms with E-state index in [9.17, 15) is 9.59 Å². The number of hydrogen-bond donors (Lipinski definition) is 2. The first kappa shape index (κ1) is 16.5. The molecule has 0 aliphatic heterocycles. The van der Waals surface area contributed by atoms with Crippen molar-refractivity contribution >= 4 is 34.7 Å². The molecule has 0 aliphatic rings. The lowest BCUT2D eigenvalue weighted by molar-refractivity contribution is -0.139. The van der Waals surface area contributed by atoms with Crippen LogP contribution in [-0.2, 0) is 9.53 Å². The molecule has 0 fully saturated rings. The van der Waals surface area contributed by atoms with E-state index in [0.717, 1.165) is 6.42 Å². The zero-order chi connectivity index (χ0) is 13.6. The smallest absolute Gasteiger partial charge is 0.408 e. The highest BCUT2D eigenvalue weighted by atomic mass is 127. The molecule has 0 aromatic carbocycles. The van der Waals surface area contributed by atoms with Crippen molar-refractivity contribution in [3.05, 3.63) is 0 Å². The van der Waals surface area contributed by atoms with Crippen LogP contribution >= 0.6 is 22.6 Å². The molecule has 0 aromatic heterocycles. The second-order valence-electron chi connectivity index (χ2n) is 4.90. The van der Waals surface area contributed by atoms with Gasteiger partial charge in [-0.05, 0) is 33.6 Å². The van der Waals surface area contributed by atoms with Crippen molar-refractivity contribution in [1.82, 2.24) is 5.32 Å². The van der Waals surface area contributed by atoms with Gasteiger partial charge in [-0.1, -0.05) is 29.5 Å². The molecule has 0 aromatic rings. The Morgan fingerprint density at radius 3 is 2.24 bits per heavy atom. The van der Waals surface area contributed by atoms with Crippen LogP contribution in [0.1, 0.15) is 40.5 Å². The molecule has 1 amide bonds. The number of alkyl carbamates (subject to hydrolysis) is 1. The van der Waals surface area contributed by atoms with Crippen molar-refractivity contribution in [2.45, 2.75) is 56.1 Å². The molecule has 2 N–H and O–H groups in total. The first-order valence-electron chi connectivity index (χ1n) is 5.48. The molecule has 17 heavy (non-hydrogen) atoms. The van der Waals surface area contributed by atoms with E-state index >= 15 is 0 Å². The van der Waals surface area contributed by atoms with Crippen molar-refractivity contribution in [2.75, 3.05) is 0 Å². The molecular weight excluding hydrogens is 337 g/mol. The maximum absolute atomic E-state index is 11.4. The molecule has 0 spiro atoms. The van der Waals surface area contributed by atoms with Crippen LogP contribution in [0.4, 0.5) is 4.79 Å². The Bertz CT molecular complexity index is 273. The van der Waals surface area contributed by atoms with Crippen molar-refractivity contribution in [3.63, 3.8) is 0 Å². The number of rotatable bonds is 5. The van der Waals surface area contributed by atoms with Gasteiger partial charge in [-0.3, -0.25) is 0 Å². The minimum atomic E-state index is -1.03. The summed E-state index contributed by atoms with van der Waals surface area (Å²) in [7, 11) is 0. The number of carbonyl (C=O) groups is 2. The zero-order valence-corrected chi connectivity index (χ0v) is 12.8. The Morgan fingerprint density at radius 2 is 1.88 bits per heavy atom. The Balaban J connectivity index is 4.26. The predicted octanol–water partition coefficient (Wildman–Crippen LogP) is 2.57. The van der Waals surface area contributed by atoms with E-state index in [1.54, 1.807) is 20.8 Å². The lowest BCUT2D eigenvalue weighted by Crippen LogP contribution is -2.43. The average Bonchev–Trinajstić information content (AvgIpc) is 2.08. The summed E-state index contributed by atoms with van der Waals surface area (Å²) in [5, 5.41) is 11.3. The maximum atomic E-state index is 11.4. The van der Waals surface area contributed by atoms with Gasteiger partial charge in [0.25, 0.3) is 0 Å². The highest BCUT2D eigenvalue weighted by Gasteiger charge is 2.23. The minimum absolute atomic E-state index is 0.370. The van der Waals surface area contributed by atoms with Crippen molar-refractivity contribution in [2.24, 2.45) is 0 Å². The fourth-order valence-corrected chi connectivity index (χ4v) is 1.46. The van der Waals surface area contributed by atoms with Gasteiger partial charge in [0, 0.05) is 3.92 Å². The number of halogens is 1. The summed E-state index contributed by atoms with van der Waals surface area (Å²) in [5.74, 6) is -1.03. The molecule has 0 aliphatic carbocycles. The largest absolute Gasteiger partial charge is 0.480 e. The standard InChI is InChI=1S/C11H20INO4/c1-7(12)5-6-8(9(14)15)13-10(16)17-11(2,3)4/h7-8H,5-6H2,1-4H3,(H,13,16)(H,14,15). The molecule has 0 rings (SSSR count). The number of carboxylic acid groups (broad SMARTS) is 1. The molecular formula is C11H20INO4. The van der Waals surface area contributed by atoms with Gasteiger partial charge in [-0.15, -0.1) is 0 Å². The van der Waals surface area contributed by atoms with E-state index in [2.05, 4.69) is 27.9 Å². The van der Waals surface area contributed by atoms with Crippen LogP contribution in [0.3, 0.4) is 0 Å². The molecule has 2 unspecified atom stereocenters. The van der Waals surface area contributed by atoms with Crippen molar-refractivity contribution < 1.29 is 19.4 Å². The number of nitrogens with one attached hydrogen (secondary N) is 1. The SMILES string of the molecule is CC(I)CCC(NC(=O)OC(C)(C)C)C(=O)O. The van der Waals surface area contributed by atoms with Gasteiger partial charge in [0.1, 0.15) is 11.6 Å². The molecule has 100 valence electrons. The van der Waals surface area contributed by atoms with Crippen LogP contribution in [-0.4, -0.2) is 32.7 Å². The normalized spacial score (nSPS) is 14.9. The first-order chi connectivity index (χ1) is 7.61. The van der Waals surface area contributed by atoms with Crippen LogP contribution in [0.15, 0.2) is 0 Å². The van der Waals surface area contributed by atoms with Gasteiger partial charge in [0.2, 0.25) is 0 Å². The summed E-state index contributed by atoms with van der Waals surface area (Å²) in [5.41, 5.74) is -0.621. The van der Waals surface area contributed by atoms with Gasteiger partial charge in [0.05, 0.1) is 0 Å². The third-order valence-corrected chi connectivity index (χ3v) is 2.47. The van der Waals surface area contributed by atoms with E-state index in [1.807, 2.05) is 6.92 Å². The number of alkyl halides is 1. The second kappa shape index (κ2) is 7.03. The Kier molecular flexibility index (Phi) is 6.81. The fourth-order valence-electron chi connectivity index (χ4n) is 1.10. The monoisotopic (exact) mass is 357 g/mol. The zero-order valence-electron chi connectivity index (χ0n) is 10.6. The Morgan fingerprint density at radius 1 is 1.35 bits per heavy atom. The Labute approximate surface area is 115 Å². The van der Waals surface area contributed by atoms with E-state index in [1.165, 1.54) is 0 Å². The van der Waals surface area contributed by atoms with E-state index in [0.29, 0.717) is 10.3 Å². The van der Waals surface area contributed by atoms with Crippen LogP contribution in [0.5, 0.6) is 0 Å². The molecule has 0 saturated heterocycles. The van der Waals surface area contributed by atoms with Gasteiger partial charge < -0.3 is 15.2 Å². The van der Waals surface area contributed by atoms with Crippen LogP contribution in [0.25, 0.3) is 0 Å². The van der Waals surface area contributed by atoms with Crippen LogP contribution in [0.2, 0.25) is 0 Å². The van der Waals surface area contributed by atoms with E-state index in [-0.39, 0.29) is 0 Å². The highest BCUT2D eigenvalue weighted by molar-refractivity contribution is 14.1. The minimum Gasteiger partial charge on any atom is -0.480 e. The second-order valence-corrected chi connectivity index (χ2v) is 7.02. The van der Waals surface area contributed by atoms with Crippen molar-refractivity contribution in [3.8, 4) is 0 Å². The highest BCUT2D eigenvalue weighted by Crippen LogP contribution is 2.11. The lowest BCUT2D eigenvalue weighted by atomic mass is 10.1. The molecule has 5 nitrogen and oxygen atoms in total. The first-order valence-corrected chi connectivity index (χ1v) is 6.73. The van der Waals surface area contributed by atoms with Gasteiger partial charge in [0.15, 0.2) is 0 Å². The van der Waals surface area contributed by atoms with E-state index < -0.39 is 23.7 Å². The molecule has 0 saturated carbocycles. The molecule has 2 atom stereocenters. The summed E-state index contributed by atoms with van der Waals surface area (Å²) < 4.78 is 5.38. The topological polar surface area (TPSA) is 75.6 Å². The molecule has 0 bridgehead atoms. The van der Waals surface area contributed by atoms with Crippen molar-refractivity contribution in [1.29, 1.82) is 0 Å². The number of hydrogen-bond acceptors (Lipinski definition) is 3. The summed E-state index contributed by atoms with van der Waals surface area (Å²) >= 11 is 2.22. The van der Waals surface area contributed by atoms with Gasteiger partial charge >= 0.3 is 12.1 Å². The quantitative estimate of drug-likeness (QED) is 0.586. The lowest BCUT2D eigenvalue weighted by Gasteiger charge is -2.22.